The highest BCUT2D eigenvalue weighted by molar-refractivity contribution is 5.89. The Morgan fingerprint density at radius 2 is 1.92 bits per heavy atom. The first-order valence-electron chi connectivity index (χ1n) is 9.30. The third kappa shape index (κ3) is 3.19. The molecule has 2 aliphatic rings. The molecule has 2 heterocycles. The number of likely N-dealkylation sites (tertiary alicyclic amines) is 2. The molecule has 3 rings (SSSR count). The average Bonchev–Trinajstić information content (AvgIpc) is 3.24. The largest absolute Gasteiger partial charge is 0.339 e. The third-order valence-electron chi connectivity index (χ3n) is 5.61. The Balaban J connectivity index is 1.71. The SMILES string of the molecule is CCC(CC)N1CC(C(=O)N2CCCC2c2ccccc2)CC1=O. The zero-order valence-corrected chi connectivity index (χ0v) is 14.8. The monoisotopic (exact) mass is 328 g/mol. The van der Waals surface area contributed by atoms with E-state index in [1.165, 1.54) is 5.56 Å². The molecule has 1 aromatic carbocycles. The van der Waals surface area contributed by atoms with Gasteiger partial charge in [-0.1, -0.05) is 44.2 Å². The van der Waals surface area contributed by atoms with Crippen LogP contribution in [0.4, 0.5) is 0 Å². The molecule has 130 valence electrons. The minimum Gasteiger partial charge on any atom is -0.339 e. The molecule has 2 fully saturated rings. The molecular weight excluding hydrogens is 300 g/mol. The second-order valence-corrected chi connectivity index (χ2v) is 7.02. The van der Waals surface area contributed by atoms with Crippen molar-refractivity contribution in [2.45, 2.75) is 58.0 Å². The first kappa shape index (κ1) is 17.0. The van der Waals surface area contributed by atoms with Crippen LogP contribution in [0.25, 0.3) is 0 Å². The third-order valence-corrected chi connectivity index (χ3v) is 5.61. The Kier molecular flexibility index (Phi) is 5.22. The number of amides is 2. The summed E-state index contributed by atoms with van der Waals surface area (Å²) in [7, 11) is 0. The lowest BCUT2D eigenvalue weighted by molar-refractivity contribution is -0.136. The first-order valence-corrected chi connectivity index (χ1v) is 9.30. The fraction of sp³-hybridized carbons (Fsp3) is 0.600. The number of carbonyl (C=O) groups is 2. The zero-order chi connectivity index (χ0) is 17.1. The first-order chi connectivity index (χ1) is 11.7. The molecule has 0 saturated carbocycles. The van der Waals surface area contributed by atoms with Gasteiger partial charge in [-0.25, -0.2) is 0 Å². The van der Waals surface area contributed by atoms with E-state index >= 15 is 0 Å². The highest BCUT2D eigenvalue weighted by Gasteiger charge is 2.41. The highest BCUT2D eigenvalue weighted by atomic mass is 16.2. The summed E-state index contributed by atoms with van der Waals surface area (Å²) in [6, 6.07) is 10.7. The average molecular weight is 328 g/mol. The summed E-state index contributed by atoms with van der Waals surface area (Å²) in [5.74, 6) is 0.156. The lowest BCUT2D eigenvalue weighted by atomic mass is 10.0. The van der Waals surface area contributed by atoms with Gasteiger partial charge in [0.05, 0.1) is 12.0 Å². The van der Waals surface area contributed by atoms with Crippen LogP contribution in [-0.2, 0) is 9.59 Å². The standard InChI is InChI=1S/C20H28N2O2/c1-3-17(4-2)22-14-16(13-19(22)23)20(24)21-12-8-11-18(21)15-9-6-5-7-10-15/h5-7,9-10,16-18H,3-4,8,11-14H2,1-2H3. The second kappa shape index (κ2) is 7.37. The van der Waals surface area contributed by atoms with E-state index in [1.54, 1.807) is 0 Å². The molecule has 2 unspecified atom stereocenters. The van der Waals surface area contributed by atoms with Crippen LogP contribution in [0, 0.1) is 5.92 Å². The molecule has 0 N–H and O–H groups in total. The Morgan fingerprint density at radius 3 is 2.58 bits per heavy atom. The van der Waals surface area contributed by atoms with Gasteiger partial charge < -0.3 is 9.80 Å². The van der Waals surface area contributed by atoms with E-state index in [0.717, 1.165) is 32.2 Å². The van der Waals surface area contributed by atoms with E-state index in [-0.39, 0.29) is 29.8 Å². The van der Waals surface area contributed by atoms with Crippen molar-refractivity contribution in [3.8, 4) is 0 Å². The van der Waals surface area contributed by atoms with Crippen molar-refractivity contribution in [3.05, 3.63) is 35.9 Å². The van der Waals surface area contributed by atoms with Crippen LogP contribution in [0.5, 0.6) is 0 Å². The topological polar surface area (TPSA) is 40.6 Å². The molecule has 2 atom stereocenters. The second-order valence-electron chi connectivity index (χ2n) is 7.02. The van der Waals surface area contributed by atoms with E-state index in [1.807, 2.05) is 28.0 Å². The number of carbonyl (C=O) groups excluding carboxylic acids is 2. The maximum atomic E-state index is 13.1. The fourth-order valence-corrected chi connectivity index (χ4v) is 4.27. The molecule has 0 spiro atoms. The summed E-state index contributed by atoms with van der Waals surface area (Å²) in [6.07, 6.45) is 4.36. The van der Waals surface area contributed by atoms with Gasteiger partial charge in [-0.05, 0) is 31.2 Å². The number of benzene rings is 1. The Labute approximate surface area is 144 Å². The maximum Gasteiger partial charge on any atom is 0.228 e. The minimum absolute atomic E-state index is 0.150. The van der Waals surface area contributed by atoms with Crippen molar-refractivity contribution >= 4 is 11.8 Å². The van der Waals surface area contributed by atoms with Gasteiger partial charge in [-0.15, -0.1) is 0 Å². The molecule has 0 bridgehead atoms. The molecule has 4 nitrogen and oxygen atoms in total. The summed E-state index contributed by atoms with van der Waals surface area (Å²) in [6.45, 7) is 5.64. The van der Waals surface area contributed by atoms with Crippen molar-refractivity contribution in [1.82, 2.24) is 9.80 Å². The molecule has 0 aliphatic carbocycles. The van der Waals surface area contributed by atoms with Crippen LogP contribution in [0.2, 0.25) is 0 Å². The van der Waals surface area contributed by atoms with E-state index < -0.39 is 0 Å². The van der Waals surface area contributed by atoms with Crippen LogP contribution < -0.4 is 0 Å². The molecule has 24 heavy (non-hydrogen) atoms. The van der Waals surface area contributed by atoms with Gasteiger partial charge >= 0.3 is 0 Å². The molecule has 2 saturated heterocycles. The van der Waals surface area contributed by atoms with E-state index in [4.69, 9.17) is 0 Å². The van der Waals surface area contributed by atoms with Crippen LogP contribution in [0.15, 0.2) is 30.3 Å². The Bertz CT molecular complexity index is 583. The van der Waals surface area contributed by atoms with Gasteiger partial charge in [0.1, 0.15) is 0 Å². The quantitative estimate of drug-likeness (QED) is 0.831. The summed E-state index contributed by atoms with van der Waals surface area (Å²) in [5, 5.41) is 0. The molecule has 0 radical (unpaired) electrons. The van der Waals surface area contributed by atoms with Crippen molar-refractivity contribution in [2.24, 2.45) is 5.92 Å². The van der Waals surface area contributed by atoms with Crippen LogP contribution in [0.3, 0.4) is 0 Å². The van der Waals surface area contributed by atoms with Gasteiger partial charge in [0.15, 0.2) is 0 Å². The summed E-state index contributed by atoms with van der Waals surface area (Å²) in [5.41, 5.74) is 1.21. The van der Waals surface area contributed by atoms with Crippen LogP contribution in [0.1, 0.15) is 57.6 Å². The van der Waals surface area contributed by atoms with Crippen molar-refractivity contribution in [2.75, 3.05) is 13.1 Å². The predicted molar refractivity (Wildman–Crippen MR) is 94.3 cm³/mol. The number of rotatable bonds is 5. The van der Waals surface area contributed by atoms with Gasteiger partial charge in [-0.2, -0.15) is 0 Å². The molecule has 0 aromatic heterocycles. The zero-order valence-electron chi connectivity index (χ0n) is 14.8. The number of hydrogen-bond donors (Lipinski definition) is 0. The van der Waals surface area contributed by atoms with Gasteiger partial charge in [0.25, 0.3) is 0 Å². The van der Waals surface area contributed by atoms with Gasteiger partial charge in [0, 0.05) is 25.6 Å². The summed E-state index contributed by atoms with van der Waals surface area (Å²) in [4.78, 5) is 29.4. The molecule has 2 amide bonds. The van der Waals surface area contributed by atoms with Crippen LogP contribution >= 0.6 is 0 Å². The highest BCUT2D eigenvalue weighted by Crippen LogP contribution is 2.35. The van der Waals surface area contributed by atoms with Crippen molar-refractivity contribution < 1.29 is 9.59 Å². The van der Waals surface area contributed by atoms with Crippen LogP contribution in [-0.4, -0.2) is 40.7 Å². The number of hydrogen-bond acceptors (Lipinski definition) is 2. The van der Waals surface area contributed by atoms with E-state index in [2.05, 4.69) is 26.0 Å². The normalized spacial score (nSPS) is 24.2. The van der Waals surface area contributed by atoms with Crippen molar-refractivity contribution in [3.63, 3.8) is 0 Å². The lowest BCUT2D eigenvalue weighted by Crippen LogP contribution is -2.39. The molecular formula is C20H28N2O2. The Hall–Kier alpha value is -1.84. The Morgan fingerprint density at radius 1 is 1.21 bits per heavy atom. The number of nitrogens with zero attached hydrogens (tertiary/aromatic N) is 2. The molecule has 4 heteroatoms. The summed E-state index contributed by atoms with van der Waals surface area (Å²) < 4.78 is 0. The summed E-state index contributed by atoms with van der Waals surface area (Å²) >= 11 is 0. The lowest BCUT2D eigenvalue weighted by Gasteiger charge is -2.29. The maximum absolute atomic E-state index is 13.1. The van der Waals surface area contributed by atoms with E-state index in [9.17, 15) is 9.59 Å². The van der Waals surface area contributed by atoms with E-state index in [0.29, 0.717) is 13.0 Å². The molecule has 1 aromatic rings. The predicted octanol–water partition coefficient (Wildman–Crippen LogP) is 3.39. The minimum atomic E-state index is -0.164. The fourth-order valence-electron chi connectivity index (χ4n) is 4.27. The smallest absolute Gasteiger partial charge is 0.228 e. The van der Waals surface area contributed by atoms with Gasteiger partial charge in [0.2, 0.25) is 11.8 Å². The molecule has 2 aliphatic heterocycles. The van der Waals surface area contributed by atoms with Gasteiger partial charge in [-0.3, -0.25) is 9.59 Å². The van der Waals surface area contributed by atoms with Crippen molar-refractivity contribution in [1.29, 1.82) is 0 Å².